The zero-order chi connectivity index (χ0) is 13.7. The second-order valence-electron chi connectivity index (χ2n) is 4.75. The fourth-order valence-electron chi connectivity index (χ4n) is 2.04. The Bertz CT molecular complexity index is 464. The van der Waals surface area contributed by atoms with Gasteiger partial charge in [-0.15, -0.1) is 0 Å². The molecule has 1 saturated heterocycles. The first kappa shape index (κ1) is 14.1. The van der Waals surface area contributed by atoms with E-state index in [-0.39, 0.29) is 0 Å². The van der Waals surface area contributed by atoms with Crippen LogP contribution in [0.1, 0.15) is 5.56 Å². The molecule has 5 heteroatoms. The Morgan fingerprint density at radius 3 is 2.68 bits per heavy atom. The highest BCUT2D eigenvalue weighted by Gasteiger charge is 2.13. The van der Waals surface area contributed by atoms with Crippen LogP contribution in [-0.2, 0) is 0 Å². The molecule has 0 N–H and O–H groups in total. The van der Waals surface area contributed by atoms with Gasteiger partial charge in [-0.05, 0) is 19.2 Å². The second kappa shape index (κ2) is 6.76. The standard InChI is InChI=1S/C14H18ClN3O/c1-17-4-6-18(7-5-17)8-9-19-13-3-2-12(11-16)14(15)10-13/h2-3,10H,4-9H2,1H3. The highest BCUT2D eigenvalue weighted by molar-refractivity contribution is 6.31. The summed E-state index contributed by atoms with van der Waals surface area (Å²) < 4.78 is 5.67. The Hall–Kier alpha value is -1.28. The third-order valence-electron chi connectivity index (χ3n) is 3.33. The van der Waals surface area contributed by atoms with Crippen LogP contribution in [0.5, 0.6) is 5.75 Å². The van der Waals surface area contributed by atoms with Gasteiger partial charge in [0.2, 0.25) is 0 Å². The van der Waals surface area contributed by atoms with Crippen molar-refractivity contribution in [1.82, 2.24) is 9.80 Å². The number of rotatable bonds is 4. The second-order valence-corrected chi connectivity index (χ2v) is 5.15. The lowest BCUT2D eigenvalue weighted by Gasteiger charge is -2.32. The molecular weight excluding hydrogens is 262 g/mol. The van der Waals surface area contributed by atoms with E-state index < -0.39 is 0 Å². The van der Waals surface area contributed by atoms with Crippen LogP contribution in [0.15, 0.2) is 18.2 Å². The number of benzene rings is 1. The van der Waals surface area contributed by atoms with Crippen LogP contribution in [0, 0.1) is 11.3 Å². The topological polar surface area (TPSA) is 39.5 Å². The number of nitrogens with zero attached hydrogens (tertiary/aromatic N) is 3. The van der Waals surface area contributed by atoms with Crippen molar-refractivity contribution in [3.8, 4) is 11.8 Å². The van der Waals surface area contributed by atoms with Crippen molar-refractivity contribution >= 4 is 11.6 Å². The summed E-state index contributed by atoms with van der Waals surface area (Å²) in [6.45, 7) is 5.98. The van der Waals surface area contributed by atoms with Crippen molar-refractivity contribution in [2.24, 2.45) is 0 Å². The van der Waals surface area contributed by atoms with Gasteiger partial charge in [0.05, 0.1) is 10.6 Å². The highest BCUT2D eigenvalue weighted by Crippen LogP contribution is 2.21. The largest absolute Gasteiger partial charge is 0.492 e. The summed E-state index contributed by atoms with van der Waals surface area (Å²) in [7, 11) is 2.15. The number of halogens is 1. The summed E-state index contributed by atoms with van der Waals surface area (Å²) in [4.78, 5) is 4.73. The van der Waals surface area contributed by atoms with E-state index in [0.717, 1.165) is 38.5 Å². The lowest BCUT2D eigenvalue weighted by Crippen LogP contribution is -2.45. The SMILES string of the molecule is CN1CCN(CCOc2ccc(C#N)c(Cl)c2)CC1. The molecule has 0 amide bonds. The van der Waals surface area contributed by atoms with Gasteiger partial charge < -0.3 is 9.64 Å². The smallest absolute Gasteiger partial charge is 0.120 e. The monoisotopic (exact) mass is 279 g/mol. The van der Waals surface area contributed by atoms with Crippen LogP contribution in [0.3, 0.4) is 0 Å². The van der Waals surface area contributed by atoms with E-state index >= 15 is 0 Å². The van der Waals surface area contributed by atoms with Crippen molar-refractivity contribution in [3.05, 3.63) is 28.8 Å². The van der Waals surface area contributed by atoms with E-state index in [4.69, 9.17) is 21.6 Å². The Labute approximate surface area is 119 Å². The first-order valence-electron chi connectivity index (χ1n) is 6.42. The van der Waals surface area contributed by atoms with E-state index in [1.165, 1.54) is 0 Å². The van der Waals surface area contributed by atoms with E-state index in [0.29, 0.717) is 17.2 Å². The number of ether oxygens (including phenoxy) is 1. The molecule has 1 aliphatic rings. The normalized spacial score (nSPS) is 17.1. The maximum Gasteiger partial charge on any atom is 0.120 e. The zero-order valence-electron chi connectivity index (χ0n) is 11.1. The molecule has 19 heavy (non-hydrogen) atoms. The fourth-order valence-corrected chi connectivity index (χ4v) is 2.25. The summed E-state index contributed by atoms with van der Waals surface area (Å²) in [6.07, 6.45) is 0. The van der Waals surface area contributed by atoms with Gasteiger partial charge in [-0.3, -0.25) is 4.90 Å². The van der Waals surface area contributed by atoms with Crippen LogP contribution in [0.4, 0.5) is 0 Å². The van der Waals surface area contributed by atoms with Gasteiger partial charge in [-0.2, -0.15) is 5.26 Å². The fraction of sp³-hybridized carbons (Fsp3) is 0.500. The summed E-state index contributed by atoms with van der Waals surface area (Å²) in [6, 6.07) is 7.21. The predicted molar refractivity (Wildman–Crippen MR) is 75.6 cm³/mol. The molecule has 0 aromatic heterocycles. The number of hydrogen-bond acceptors (Lipinski definition) is 4. The molecule has 0 aliphatic carbocycles. The van der Waals surface area contributed by atoms with Gasteiger partial charge >= 0.3 is 0 Å². The van der Waals surface area contributed by atoms with Gasteiger partial charge in [-0.25, -0.2) is 0 Å². The minimum atomic E-state index is 0.444. The molecule has 0 atom stereocenters. The third-order valence-corrected chi connectivity index (χ3v) is 3.65. The maximum atomic E-state index is 8.79. The van der Waals surface area contributed by atoms with Gasteiger partial charge in [0.15, 0.2) is 0 Å². The molecule has 1 fully saturated rings. The number of piperazine rings is 1. The van der Waals surface area contributed by atoms with E-state index in [1.807, 2.05) is 6.07 Å². The van der Waals surface area contributed by atoms with Gasteiger partial charge in [0.1, 0.15) is 18.4 Å². The minimum Gasteiger partial charge on any atom is -0.492 e. The van der Waals surface area contributed by atoms with Crippen LogP contribution in [0.2, 0.25) is 5.02 Å². The molecule has 0 spiro atoms. The van der Waals surface area contributed by atoms with Crippen LogP contribution in [0.25, 0.3) is 0 Å². The predicted octanol–water partition coefficient (Wildman–Crippen LogP) is 1.84. The quantitative estimate of drug-likeness (QED) is 0.843. The summed E-state index contributed by atoms with van der Waals surface area (Å²) in [5, 5.41) is 9.24. The molecule has 1 heterocycles. The molecule has 1 aromatic carbocycles. The number of nitriles is 1. The molecule has 0 unspecified atom stereocenters. The molecule has 0 saturated carbocycles. The molecule has 0 radical (unpaired) electrons. The first-order chi connectivity index (χ1) is 9.19. The minimum absolute atomic E-state index is 0.444. The third kappa shape index (κ3) is 4.10. The van der Waals surface area contributed by atoms with Crippen molar-refractivity contribution in [1.29, 1.82) is 5.26 Å². The Balaban J connectivity index is 1.77. The van der Waals surface area contributed by atoms with Crippen molar-refractivity contribution < 1.29 is 4.74 Å². The van der Waals surface area contributed by atoms with Crippen LogP contribution < -0.4 is 4.74 Å². The average molecular weight is 280 g/mol. The van der Waals surface area contributed by atoms with E-state index in [1.54, 1.807) is 18.2 Å². The molecule has 4 nitrogen and oxygen atoms in total. The summed E-state index contributed by atoms with van der Waals surface area (Å²) in [5.41, 5.74) is 0.480. The molecular formula is C14H18ClN3O. The molecule has 1 aliphatic heterocycles. The van der Waals surface area contributed by atoms with Crippen LogP contribution >= 0.6 is 11.6 Å². The Kier molecular flexibility index (Phi) is 5.03. The summed E-state index contributed by atoms with van der Waals surface area (Å²) >= 11 is 5.95. The maximum absolute atomic E-state index is 8.79. The van der Waals surface area contributed by atoms with Crippen molar-refractivity contribution in [3.63, 3.8) is 0 Å². The van der Waals surface area contributed by atoms with E-state index in [2.05, 4.69) is 16.8 Å². The zero-order valence-corrected chi connectivity index (χ0v) is 11.9. The van der Waals surface area contributed by atoms with Gasteiger partial charge in [-0.1, -0.05) is 11.6 Å². The molecule has 102 valence electrons. The number of hydrogen-bond donors (Lipinski definition) is 0. The van der Waals surface area contributed by atoms with Crippen molar-refractivity contribution in [2.75, 3.05) is 46.4 Å². The summed E-state index contributed by atoms with van der Waals surface area (Å²) in [5.74, 6) is 0.720. The lowest BCUT2D eigenvalue weighted by molar-refractivity contribution is 0.134. The number of likely N-dealkylation sites (N-methyl/N-ethyl adjacent to an activating group) is 1. The molecule has 1 aromatic rings. The highest BCUT2D eigenvalue weighted by atomic mass is 35.5. The van der Waals surface area contributed by atoms with E-state index in [9.17, 15) is 0 Å². The Morgan fingerprint density at radius 2 is 2.05 bits per heavy atom. The first-order valence-corrected chi connectivity index (χ1v) is 6.80. The van der Waals surface area contributed by atoms with Gasteiger partial charge in [0, 0.05) is 38.8 Å². The molecule has 2 rings (SSSR count). The Morgan fingerprint density at radius 1 is 1.32 bits per heavy atom. The lowest BCUT2D eigenvalue weighted by atomic mass is 10.2. The van der Waals surface area contributed by atoms with Crippen LogP contribution in [-0.4, -0.2) is 56.2 Å². The van der Waals surface area contributed by atoms with Crippen molar-refractivity contribution in [2.45, 2.75) is 0 Å². The van der Waals surface area contributed by atoms with Gasteiger partial charge in [0.25, 0.3) is 0 Å². The molecule has 0 bridgehead atoms. The average Bonchev–Trinajstić information content (AvgIpc) is 2.41.